The molecular formula is C16H20FN5O4S. The maximum Gasteiger partial charge on any atom is 0.271 e. The lowest BCUT2D eigenvalue weighted by Crippen LogP contribution is -2.24. The largest absolute Gasteiger partial charge is 0.364 e. The normalized spacial score (nSPS) is 11.6. The molecule has 0 radical (unpaired) electrons. The van der Waals surface area contributed by atoms with E-state index >= 15 is 0 Å². The van der Waals surface area contributed by atoms with Crippen molar-refractivity contribution in [2.45, 2.75) is 31.6 Å². The minimum atomic E-state index is -3.88. The van der Waals surface area contributed by atoms with Gasteiger partial charge in [-0.05, 0) is 24.1 Å². The fraction of sp³-hybridized carbons (Fsp3) is 0.312. The van der Waals surface area contributed by atoms with Gasteiger partial charge in [0.2, 0.25) is 10.0 Å². The molecule has 1 aromatic heterocycles. The molecule has 0 aliphatic heterocycles. The molecule has 0 unspecified atom stereocenters. The number of nitrogens with zero attached hydrogens (tertiary/aromatic N) is 1. The van der Waals surface area contributed by atoms with Crippen molar-refractivity contribution in [3.63, 3.8) is 0 Å². The molecule has 5 N–H and O–H groups in total. The average Bonchev–Trinajstić information content (AvgIpc) is 2.98. The third-order valence-electron chi connectivity index (χ3n) is 3.67. The van der Waals surface area contributed by atoms with Crippen LogP contribution in [0.2, 0.25) is 0 Å². The predicted molar refractivity (Wildman–Crippen MR) is 96.4 cm³/mol. The van der Waals surface area contributed by atoms with Crippen molar-refractivity contribution < 1.29 is 22.4 Å². The molecule has 11 heteroatoms. The van der Waals surface area contributed by atoms with E-state index in [-0.39, 0.29) is 28.7 Å². The van der Waals surface area contributed by atoms with Crippen LogP contribution in [0, 0.1) is 5.82 Å². The molecule has 0 spiro atoms. The highest BCUT2D eigenvalue weighted by atomic mass is 32.2. The van der Waals surface area contributed by atoms with E-state index in [0.29, 0.717) is 5.69 Å². The quantitative estimate of drug-likeness (QED) is 0.556. The van der Waals surface area contributed by atoms with Gasteiger partial charge in [0.05, 0.1) is 21.8 Å². The monoisotopic (exact) mass is 397 g/mol. The van der Waals surface area contributed by atoms with Crippen LogP contribution in [0.1, 0.15) is 53.2 Å². The third-order valence-corrected chi connectivity index (χ3v) is 5.21. The number of aromatic nitrogens is 2. The molecule has 0 bridgehead atoms. The molecule has 2 amide bonds. The molecule has 9 nitrogen and oxygen atoms in total. The maximum absolute atomic E-state index is 14.1. The zero-order valence-corrected chi connectivity index (χ0v) is 15.8. The summed E-state index contributed by atoms with van der Waals surface area (Å²) in [6.07, 6.45) is 0. The van der Waals surface area contributed by atoms with Crippen molar-refractivity contribution in [1.82, 2.24) is 14.9 Å². The van der Waals surface area contributed by atoms with E-state index in [0.717, 1.165) is 18.2 Å². The number of carbonyl (C=O) groups excluding carboxylic acids is 2. The molecular weight excluding hydrogens is 377 g/mol. The number of halogens is 1. The van der Waals surface area contributed by atoms with Crippen LogP contribution in [-0.4, -0.2) is 37.0 Å². The lowest BCUT2D eigenvalue weighted by molar-refractivity contribution is 0.0996. The van der Waals surface area contributed by atoms with Gasteiger partial charge in [-0.3, -0.25) is 14.7 Å². The second kappa shape index (κ2) is 7.84. The number of amides is 2. The average molecular weight is 397 g/mol. The minimum absolute atomic E-state index is 0.0295. The molecule has 2 aromatic rings. The Morgan fingerprint density at radius 1 is 1.33 bits per heavy atom. The Bertz CT molecular complexity index is 985. The number of anilines is 1. The SMILES string of the molecule is CCNS(=O)(=O)c1ccc(F)c(C(=O)Nc2c(C(N)=O)n[nH]c2C(C)C)c1. The fourth-order valence-electron chi connectivity index (χ4n) is 2.38. The Labute approximate surface area is 155 Å². The highest BCUT2D eigenvalue weighted by Crippen LogP contribution is 2.26. The molecule has 0 fully saturated rings. The van der Waals surface area contributed by atoms with E-state index in [1.165, 1.54) is 0 Å². The number of nitrogens with one attached hydrogen (secondary N) is 3. The van der Waals surface area contributed by atoms with Crippen LogP contribution in [0.15, 0.2) is 23.1 Å². The summed E-state index contributed by atoms with van der Waals surface area (Å²) >= 11 is 0. The zero-order chi connectivity index (χ0) is 20.4. The van der Waals surface area contributed by atoms with E-state index in [2.05, 4.69) is 20.2 Å². The van der Waals surface area contributed by atoms with Gasteiger partial charge in [0, 0.05) is 6.54 Å². The molecule has 0 atom stereocenters. The molecule has 27 heavy (non-hydrogen) atoms. The van der Waals surface area contributed by atoms with E-state index in [1.807, 2.05) is 0 Å². The summed E-state index contributed by atoms with van der Waals surface area (Å²) < 4.78 is 40.6. The number of rotatable bonds is 7. The van der Waals surface area contributed by atoms with Crippen LogP contribution in [0.3, 0.4) is 0 Å². The first-order chi connectivity index (χ1) is 12.6. The van der Waals surface area contributed by atoms with Gasteiger partial charge in [-0.25, -0.2) is 17.5 Å². The molecule has 0 aliphatic carbocycles. The minimum Gasteiger partial charge on any atom is -0.364 e. The Balaban J connectivity index is 2.46. The number of nitrogens with two attached hydrogens (primary N) is 1. The Morgan fingerprint density at radius 2 is 2.00 bits per heavy atom. The van der Waals surface area contributed by atoms with Crippen molar-refractivity contribution >= 4 is 27.5 Å². The van der Waals surface area contributed by atoms with E-state index < -0.39 is 33.2 Å². The number of sulfonamides is 1. The van der Waals surface area contributed by atoms with Crippen molar-refractivity contribution in [3.05, 3.63) is 41.0 Å². The highest BCUT2D eigenvalue weighted by molar-refractivity contribution is 7.89. The van der Waals surface area contributed by atoms with Crippen molar-refractivity contribution in [3.8, 4) is 0 Å². The molecule has 1 aromatic carbocycles. The van der Waals surface area contributed by atoms with Crippen LogP contribution < -0.4 is 15.8 Å². The molecule has 2 rings (SSSR count). The number of carbonyl (C=O) groups is 2. The Kier molecular flexibility index (Phi) is 5.96. The second-order valence-corrected chi connectivity index (χ2v) is 7.74. The standard InChI is InChI=1S/C16H20FN5O4S/c1-4-19-27(25,26)9-5-6-11(17)10(7-9)16(24)20-13-12(8(2)3)21-22-14(13)15(18)23/h5-8,19H,4H2,1-3H3,(H2,18,23)(H,20,24)(H,21,22). The third kappa shape index (κ3) is 4.31. The van der Waals surface area contributed by atoms with E-state index in [9.17, 15) is 22.4 Å². The lowest BCUT2D eigenvalue weighted by atomic mass is 10.1. The first-order valence-corrected chi connectivity index (χ1v) is 9.55. The van der Waals surface area contributed by atoms with Crippen LogP contribution in [0.4, 0.5) is 10.1 Å². The molecule has 0 aliphatic rings. The first kappa shape index (κ1) is 20.5. The van der Waals surface area contributed by atoms with Gasteiger partial charge in [-0.15, -0.1) is 0 Å². The van der Waals surface area contributed by atoms with Crippen molar-refractivity contribution in [2.24, 2.45) is 5.73 Å². The summed E-state index contributed by atoms with van der Waals surface area (Å²) in [5.74, 6) is -2.88. The van der Waals surface area contributed by atoms with Gasteiger partial charge in [-0.1, -0.05) is 20.8 Å². The van der Waals surface area contributed by atoms with Crippen LogP contribution >= 0.6 is 0 Å². The summed E-state index contributed by atoms with van der Waals surface area (Å²) in [5.41, 5.74) is 5.00. The smallest absolute Gasteiger partial charge is 0.271 e. The Hall–Kier alpha value is -2.79. The zero-order valence-electron chi connectivity index (χ0n) is 15.0. The second-order valence-electron chi connectivity index (χ2n) is 5.98. The van der Waals surface area contributed by atoms with E-state index in [4.69, 9.17) is 5.73 Å². The number of H-pyrrole nitrogens is 1. The maximum atomic E-state index is 14.1. The van der Waals surface area contributed by atoms with Crippen molar-refractivity contribution in [1.29, 1.82) is 0 Å². The number of aromatic amines is 1. The summed E-state index contributed by atoms with van der Waals surface area (Å²) in [6.45, 7) is 5.30. The molecule has 146 valence electrons. The van der Waals surface area contributed by atoms with Crippen molar-refractivity contribution in [2.75, 3.05) is 11.9 Å². The van der Waals surface area contributed by atoms with Gasteiger partial charge in [0.25, 0.3) is 11.8 Å². The number of primary amides is 1. The van der Waals surface area contributed by atoms with Crippen LogP contribution in [-0.2, 0) is 10.0 Å². The first-order valence-electron chi connectivity index (χ1n) is 8.07. The number of benzene rings is 1. The number of hydrogen-bond acceptors (Lipinski definition) is 5. The number of hydrogen-bond donors (Lipinski definition) is 4. The summed E-state index contributed by atoms with van der Waals surface area (Å²) in [5, 5.41) is 8.79. The fourth-order valence-corrected chi connectivity index (χ4v) is 3.44. The van der Waals surface area contributed by atoms with Gasteiger partial charge >= 0.3 is 0 Å². The molecule has 1 heterocycles. The van der Waals surface area contributed by atoms with Gasteiger partial charge in [0.1, 0.15) is 5.82 Å². The topological polar surface area (TPSA) is 147 Å². The van der Waals surface area contributed by atoms with Crippen LogP contribution in [0.25, 0.3) is 0 Å². The van der Waals surface area contributed by atoms with E-state index in [1.54, 1.807) is 20.8 Å². The predicted octanol–water partition coefficient (Wildman–Crippen LogP) is 1.32. The summed E-state index contributed by atoms with van der Waals surface area (Å²) in [6, 6.07) is 2.85. The lowest BCUT2D eigenvalue weighted by Gasteiger charge is -2.11. The highest BCUT2D eigenvalue weighted by Gasteiger charge is 2.24. The van der Waals surface area contributed by atoms with Gasteiger partial charge in [-0.2, -0.15) is 5.10 Å². The molecule has 0 saturated heterocycles. The van der Waals surface area contributed by atoms with Crippen LogP contribution in [0.5, 0.6) is 0 Å². The molecule has 0 saturated carbocycles. The Morgan fingerprint density at radius 3 is 2.56 bits per heavy atom. The summed E-state index contributed by atoms with van der Waals surface area (Å²) in [4.78, 5) is 23.8. The van der Waals surface area contributed by atoms with Gasteiger partial charge in [0.15, 0.2) is 5.69 Å². The summed E-state index contributed by atoms with van der Waals surface area (Å²) in [7, 11) is -3.88. The van der Waals surface area contributed by atoms with Gasteiger partial charge < -0.3 is 11.1 Å².